The van der Waals surface area contributed by atoms with E-state index in [1.165, 1.54) is 6.07 Å². The van der Waals surface area contributed by atoms with E-state index in [4.69, 9.17) is 9.84 Å². The first kappa shape index (κ1) is 14.6. The van der Waals surface area contributed by atoms with E-state index in [0.717, 1.165) is 12.0 Å². The second-order valence-electron chi connectivity index (χ2n) is 4.64. The van der Waals surface area contributed by atoms with Crippen molar-refractivity contribution in [2.45, 2.75) is 20.3 Å². The minimum Gasteiger partial charge on any atom is -0.478 e. The first-order valence-corrected chi connectivity index (χ1v) is 6.60. The van der Waals surface area contributed by atoms with Crippen LogP contribution in [0.2, 0.25) is 0 Å². The van der Waals surface area contributed by atoms with Gasteiger partial charge in [0, 0.05) is 0 Å². The summed E-state index contributed by atoms with van der Waals surface area (Å²) in [6.45, 7) is 3.75. The van der Waals surface area contributed by atoms with Crippen molar-refractivity contribution in [3.05, 3.63) is 58.7 Å². The number of carboxylic acid groups (broad SMARTS) is 1. The predicted octanol–water partition coefficient (Wildman–Crippen LogP) is 3.92. The highest BCUT2D eigenvalue weighted by Crippen LogP contribution is 2.30. The molecule has 0 aliphatic heterocycles. The van der Waals surface area contributed by atoms with Gasteiger partial charge in [-0.05, 0) is 48.7 Å². The van der Waals surface area contributed by atoms with Gasteiger partial charge in [-0.2, -0.15) is 5.26 Å². The monoisotopic (exact) mass is 281 g/mol. The van der Waals surface area contributed by atoms with E-state index in [-0.39, 0.29) is 5.56 Å². The molecule has 0 aliphatic rings. The Kier molecular flexibility index (Phi) is 4.24. The first-order valence-electron chi connectivity index (χ1n) is 6.60. The molecule has 0 spiro atoms. The van der Waals surface area contributed by atoms with Gasteiger partial charge in [0.15, 0.2) is 0 Å². The molecule has 2 aromatic carbocycles. The van der Waals surface area contributed by atoms with E-state index < -0.39 is 5.97 Å². The fraction of sp³-hybridized carbons (Fsp3) is 0.176. The molecule has 4 heteroatoms. The van der Waals surface area contributed by atoms with E-state index in [2.05, 4.69) is 6.07 Å². The van der Waals surface area contributed by atoms with Gasteiger partial charge in [-0.1, -0.05) is 19.1 Å². The topological polar surface area (TPSA) is 70.3 Å². The number of carbonyl (C=O) groups is 1. The molecular weight excluding hydrogens is 266 g/mol. The molecule has 0 saturated carbocycles. The maximum Gasteiger partial charge on any atom is 0.335 e. The van der Waals surface area contributed by atoms with Gasteiger partial charge in [-0.25, -0.2) is 4.79 Å². The number of nitrogens with zero attached hydrogens (tertiary/aromatic N) is 1. The number of hydrogen-bond donors (Lipinski definition) is 1. The summed E-state index contributed by atoms with van der Waals surface area (Å²) < 4.78 is 5.79. The first-order chi connectivity index (χ1) is 10.1. The average molecular weight is 281 g/mol. The van der Waals surface area contributed by atoms with Gasteiger partial charge in [0.2, 0.25) is 0 Å². The van der Waals surface area contributed by atoms with E-state index in [9.17, 15) is 10.1 Å². The Morgan fingerprint density at radius 1 is 1.29 bits per heavy atom. The standard InChI is InChI=1S/C17H15NO3/c1-3-12-5-4-6-16(14(12)10-18)21-15-8-7-13(17(19)20)9-11(15)2/h4-9H,3H2,1-2H3,(H,19,20). The summed E-state index contributed by atoms with van der Waals surface area (Å²) in [5.41, 5.74) is 2.36. The molecule has 4 nitrogen and oxygen atoms in total. The van der Waals surface area contributed by atoms with Gasteiger partial charge in [0.1, 0.15) is 17.6 Å². The molecule has 0 heterocycles. The van der Waals surface area contributed by atoms with Crippen molar-refractivity contribution >= 4 is 5.97 Å². The number of nitriles is 1. The van der Waals surface area contributed by atoms with Crippen molar-refractivity contribution < 1.29 is 14.6 Å². The highest BCUT2D eigenvalue weighted by Gasteiger charge is 2.11. The van der Waals surface area contributed by atoms with Gasteiger partial charge in [-0.3, -0.25) is 0 Å². The molecule has 0 aliphatic carbocycles. The van der Waals surface area contributed by atoms with Gasteiger partial charge >= 0.3 is 5.97 Å². The van der Waals surface area contributed by atoms with Gasteiger partial charge < -0.3 is 9.84 Å². The smallest absolute Gasteiger partial charge is 0.335 e. The van der Waals surface area contributed by atoms with Crippen LogP contribution >= 0.6 is 0 Å². The van der Waals surface area contributed by atoms with Crippen molar-refractivity contribution in [1.82, 2.24) is 0 Å². The third-order valence-corrected chi connectivity index (χ3v) is 3.25. The van der Waals surface area contributed by atoms with Crippen LogP contribution in [0, 0.1) is 18.3 Å². The Hall–Kier alpha value is -2.80. The Bertz CT molecular complexity index is 729. The van der Waals surface area contributed by atoms with Gasteiger partial charge in [-0.15, -0.1) is 0 Å². The summed E-state index contributed by atoms with van der Waals surface area (Å²) in [5, 5.41) is 18.2. The van der Waals surface area contributed by atoms with Crippen LogP contribution in [0.5, 0.6) is 11.5 Å². The third-order valence-electron chi connectivity index (χ3n) is 3.25. The van der Waals surface area contributed by atoms with Crippen LogP contribution < -0.4 is 4.74 Å². The van der Waals surface area contributed by atoms with Crippen molar-refractivity contribution in [3.63, 3.8) is 0 Å². The number of ether oxygens (including phenoxy) is 1. The predicted molar refractivity (Wildman–Crippen MR) is 78.7 cm³/mol. The molecule has 0 atom stereocenters. The molecule has 0 amide bonds. The Morgan fingerprint density at radius 3 is 2.62 bits per heavy atom. The summed E-state index contributed by atoms with van der Waals surface area (Å²) in [4.78, 5) is 10.9. The number of benzene rings is 2. The summed E-state index contributed by atoms with van der Waals surface area (Å²) in [6, 6.07) is 12.3. The summed E-state index contributed by atoms with van der Waals surface area (Å²) in [7, 11) is 0. The summed E-state index contributed by atoms with van der Waals surface area (Å²) in [6.07, 6.45) is 0.747. The van der Waals surface area contributed by atoms with Crippen LogP contribution in [0.15, 0.2) is 36.4 Å². The minimum absolute atomic E-state index is 0.211. The second-order valence-corrected chi connectivity index (χ2v) is 4.64. The molecule has 1 N–H and O–H groups in total. The van der Waals surface area contributed by atoms with E-state index >= 15 is 0 Å². The fourth-order valence-corrected chi connectivity index (χ4v) is 2.10. The molecule has 106 valence electrons. The third kappa shape index (κ3) is 3.03. The van der Waals surface area contributed by atoms with Gasteiger partial charge in [0.05, 0.1) is 11.1 Å². The van der Waals surface area contributed by atoms with Crippen LogP contribution in [0.1, 0.15) is 34.0 Å². The summed E-state index contributed by atoms with van der Waals surface area (Å²) >= 11 is 0. The number of rotatable bonds is 4. The van der Waals surface area contributed by atoms with E-state index in [1.807, 2.05) is 19.1 Å². The largest absolute Gasteiger partial charge is 0.478 e. The molecule has 0 unspecified atom stereocenters. The summed E-state index contributed by atoms with van der Waals surface area (Å²) in [5.74, 6) is 0.0584. The number of aryl methyl sites for hydroxylation is 2. The molecule has 2 rings (SSSR count). The Morgan fingerprint density at radius 2 is 2.05 bits per heavy atom. The van der Waals surface area contributed by atoms with Crippen LogP contribution in [-0.2, 0) is 6.42 Å². The molecular formula is C17H15NO3. The van der Waals surface area contributed by atoms with Crippen molar-refractivity contribution in [2.24, 2.45) is 0 Å². The fourth-order valence-electron chi connectivity index (χ4n) is 2.10. The Labute approximate surface area is 123 Å². The SMILES string of the molecule is CCc1cccc(Oc2ccc(C(=O)O)cc2C)c1C#N. The quantitative estimate of drug-likeness (QED) is 0.922. The van der Waals surface area contributed by atoms with Crippen LogP contribution in [0.4, 0.5) is 0 Å². The lowest BCUT2D eigenvalue weighted by molar-refractivity contribution is 0.0697. The lowest BCUT2D eigenvalue weighted by Gasteiger charge is -2.12. The van der Waals surface area contributed by atoms with E-state index in [1.54, 1.807) is 25.1 Å². The van der Waals surface area contributed by atoms with Crippen LogP contribution in [-0.4, -0.2) is 11.1 Å². The minimum atomic E-state index is -0.977. The van der Waals surface area contributed by atoms with E-state index in [0.29, 0.717) is 22.6 Å². The molecule has 0 radical (unpaired) electrons. The zero-order chi connectivity index (χ0) is 15.4. The molecule has 2 aromatic rings. The zero-order valence-corrected chi connectivity index (χ0v) is 11.9. The molecule has 21 heavy (non-hydrogen) atoms. The average Bonchev–Trinajstić information content (AvgIpc) is 2.48. The highest BCUT2D eigenvalue weighted by atomic mass is 16.5. The molecule has 0 bridgehead atoms. The normalized spacial score (nSPS) is 9.95. The highest BCUT2D eigenvalue weighted by molar-refractivity contribution is 5.88. The van der Waals surface area contributed by atoms with Crippen molar-refractivity contribution in [1.29, 1.82) is 5.26 Å². The maximum atomic E-state index is 10.9. The molecule has 0 saturated heterocycles. The zero-order valence-electron chi connectivity index (χ0n) is 11.9. The lowest BCUT2D eigenvalue weighted by Crippen LogP contribution is -1.98. The number of carboxylic acids is 1. The van der Waals surface area contributed by atoms with Crippen LogP contribution in [0.3, 0.4) is 0 Å². The second kappa shape index (κ2) is 6.10. The Balaban J connectivity index is 2.39. The molecule has 0 aromatic heterocycles. The van der Waals surface area contributed by atoms with Gasteiger partial charge in [0.25, 0.3) is 0 Å². The maximum absolute atomic E-state index is 10.9. The van der Waals surface area contributed by atoms with Crippen LogP contribution in [0.25, 0.3) is 0 Å². The number of hydrogen-bond acceptors (Lipinski definition) is 3. The van der Waals surface area contributed by atoms with Crippen molar-refractivity contribution in [3.8, 4) is 17.6 Å². The lowest BCUT2D eigenvalue weighted by atomic mass is 10.1. The number of aromatic carboxylic acids is 1. The van der Waals surface area contributed by atoms with Crippen molar-refractivity contribution in [2.75, 3.05) is 0 Å². The molecule has 0 fully saturated rings.